The number of sulfone groups is 1. The van der Waals surface area contributed by atoms with Gasteiger partial charge in [-0.1, -0.05) is 0 Å². The molecule has 2 aromatic heterocycles. The first-order valence-electron chi connectivity index (χ1n) is 12.2. The summed E-state index contributed by atoms with van der Waals surface area (Å²) in [6, 6.07) is 11.3. The first-order valence-corrected chi connectivity index (χ1v) is 13.8. The molecule has 196 valence electrons. The number of nitrogens with zero attached hydrogens (tertiary/aromatic N) is 3. The second kappa shape index (κ2) is 9.85. The average molecular weight is 532 g/mol. The molecule has 3 aromatic rings. The highest BCUT2D eigenvalue weighted by molar-refractivity contribution is 7.92. The van der Waals surface area contributed by atoms with Crippen molar-refractivity contribution < 1.29 is 21.6 Å². The summed E-state index contributed by atoms with van der Waals surface area (Å²) in [4.78, 5) is 10.5. The fourth-order valence-electron chi connectivity index (χ4n) is 5.13. The number of nitrogens with two attached hydrogens (primary N) is 1. The molecule has 3 N–H and O–H groups in total. The third kappa shape index (κ3) is 5.36. The van der Waals surface area contributed by atoms with E-state index >= 15 is 0 Å². The van der Waals surface area contributed by atoms with Gasteiger partial charge in [0.15, 0.2) is 9.84 Å². The topological polar surface area (TPSA) is 101 Å². The van der Waals surface area contributed by atoms with Crippen LogP contribution in [0, 0.1) is 0 Å². The minimum absolute atomic E-state index is 0.0398. The molecule has 0 saturated heterocycles. The molecular weight excluding hydrogens is 503 g/mol. The van der Waals surface area contributed by atoms with Gasteiger partial charge in [0.2, 0.25) is 0 Å². The molecule has 1 aromatic carbocycles. The first-order chi connectivity index (χ1) is 17.6. The van der Waals surface area contributed by atoms with Crippen LogP contribution >= 0.6 is 0 Å². The van der Waals surface area contributed by atoms with Gasteiger partial charge in [0.25, 0.3) is 0 Å². The molecule has 0 radical (unpaired) electrons. The first kappa shape index (κ1) is 25.3. The zero-order valence-corrected chi connectivity index (χ0v) is 20.9. The molecule has 3 heterocycles. The molecule has 2 aliphatic rings. The van der Waals surface area contributed by atoms with E-state index in [1.165, 1.54) is 11.6 Å². The summed E-state index contributed by atoms with van der Waals surface area (Å²) in [5.41, 5.74) is 8.40. The van der Waals surface area contributed by atoms with Crippen LogP contribution in [-0.4, -0.2) is 36.2 Å². The highest BCUT2D eigenvalue weighted by Gasteiger charge is 2.33. The van der Waals surface area contributed by atoms with E-state index in [1.807, 2.05) is 18.2 Å². The number of fused-ring (bicyclic) bond motifs is 1. The number of hydrogen-bond acceptors (Lipinski definition) is 7. The Bertz CT molecular complexity index is 1350. The van der Waals surface area contributed by atoms with Crippen molar-refractivity contribution in [3.63, 3.8) is 0 Å². The fraction of sp³-hybridized carbons (Fsp3) is 0.385. The van der Waals surface area contributed by atoms with Crippen molar-refractivity contribution in [2.45, 2.75) is 61.0 Å². The lowest BCUT2D eigenvalue weighted by Gasteiger charge is -2.31. The second-order valence-electron chi connectivity index (χ2n) is 9.59. The van der Waals surface area contributed by atoms with E-state index in [0.29, 0.717) is 48.8 Å². The molecule has 0 bridgehead atoms. The van der Waals surface area contributed by atoms with Gasteiger partial charge < -0.3 is 16.0 Å². The normalized spacial score (nSPS) is 20.4. The van der Waals surface area contributed by atoms with Crippen LogP contribution in [0.2, 0.25) is 0 Å². The lowest BCUT2D eigenvalue weighted by Crippen LogP contribution is -2.33. The molecule has 1 aliphatic heterocycles. The quantitative estimate of drug-likeness (QED) is 0.486. The fourth-order valence-corrected chi connectivity index (χ4v) is 6.92. The summed E-state index contributed by atoms with van der Waals surface area (Å²) < 4.78 is 64.8. The lowest BCUT2D eigenvalue weighted by atomic mass is 9.95. The Kier molecular flexibility index (Phi) is 6.74. The van der Waals surface area contributed by atoms with Gasteiger partial charge >= 0.3 is 6.18 Å². The zero-order chi connectivity index (χ0) is 26.2. The van der Waals surface area contributed by atoms with Crippen molar-refractivity contribution in [1.82, 2.24) is 9.97 Å². The van der Waals surface area contributed by atoms with Gasteiger partial charge in [-0.2, -0.15) is 13.2 Å². The number of alkyl halides is 3. The predicted octanol–water partition coefficient (Wildman–Crippen LogP) is 4.84. The van der Waals surface area contributed by atoms with E-state index in [0.717, 1.165) is 36.5 Å². The Labute approximate surface area is 213 Å². The number of rotatable bonds is 5. The Morgan fingerprint density at radius 2 is 1.70 bits per heavy atom. The summed E-state index contributed by atoms with van der Waals surface area (Å²) in [5, 5.41) is 2.64. The average Bonchev–Trinajstić information content (AvgIpc) is 2.89. The summed E-state index contributed by atoms with van der Waals surface area (Å²) in [5.74, 6) is 0.883. The number of pyridine rings is 2. The number of aromatic nitrogens is 2. The molecule has 5 rings (SSSR count). The van der Waals surface area contributed by atoms with Crippen molar-refractivity contribution >= 4 is 27.2 Å². The van der Waals surface area contributed by atoms with Crippen molar-refractivity contribution in [3.05, 3.63) is 71.5 Å². The van der Waals surface area contributed by atoms with Crippen molar-refractivity contribution in [3.8, 4) is 0 Å². The maximum atomic E-state index is 13.3. The van der Waals surface area contributed by atoms with E-state index < -0.39 is 26.8 Å². The Hall–Kier alpha value is -3.34. The van der Waals surface area contributed by atoms with Crippen LogP contribution in [0.1, 0.15) is 42.4 Å². The molecular formula is C26H28F3N5O2S. The Morgan fingerprint density at radius 1 is 0.973 bits per heavy atom. The van der Waals surface area contributed by atoms with Crippen LogP contribution in [0.5, 0.6) is 0 Å². The predicted molar refractivity (Wildman–Crippen MR) is 136 cm³/mol. The summed E-state index contributed by atoms with van der Waals surface area (Å²) >= 11 is 0. The number of nitrogens with one attached hydrogen (secondary N) is 1. The van der Waals surface area contributed by atoms with Gasteiger partial charge in [-0.15, -0.1) is 0 Å². The molecule has 0 amide bonds. The molecule has 0 atom stereocenters. The molecule has 1 aliphatic carbocycles. The van der Waals surface area contributed by atoms with E-state index in [9.17, 15) is 21.6 Å². The minimum atomic E-state index is -4.43. The van der Waals surface area contributed by atoms with Crippen molar-refractivity contribution in [2.75, 3.05) is 22.5 Å². The number of anilines is 3. The monoisotopic (exact) mass is 531 g/mol. The highest BCUT2D eigenvalue weighted by Crippen LogP contribution is 2.33. The molecule has 0 unspecified atom stereocenters. The molecule has 11 heteroatoms. The molecule has 1 saturated carbocycles. The van der Waals surface area contributed by atoms with Crippen LogP contribution in [0.15, 0.2) is 59.8 Å². The standard InChI is InChI=1S/C26H28F3N5O2S/c27-26(28,29)18-1-10-24(32-15-18)33-19-2-6-21(7-3-19)37(35,36)22-8-4-20(5-9-22)34-14-12-17-11-13-31-25(30)23(17)16-34/h1,4-5,8-11,13,15,19,21H,2-3,6-7,12,14,16H2,(H2,30,31)(H,32,33)/t19-,21-. The van der Waals surface area contributed by atoms with Crippen LogP contribution < -0.4 is 16.0 Å². The maximum absolute atomic E-state index is 13.3. The third-order valence-corrected chi connectivity index (χ3v) is 9.55. The largest absolute Gasteiger partial charge is 0.417 e. The Morgan fingerprint density at radius 3 is 2.35 bits per heavy atom. The second-order valence-corrected chi connectivity index (χ2v) is 11.8. The number of hydrogen-bond donors (Lipinski definition) is 2. The smallest absolute Gasteiger partial charge is 0.383 e. The number of halogens is 3. The van der Waals surface area contributed by atoms with E-state index in [-0.39, 0.29) is 6.04 Å². The van der Waals surface area contributed by atoms with Gasteiger partial charge in [-0.3, -0.25) is 0 Å². The van der Waals surface area contributed by atoms with Gasteiger partial charge in [-0.05, 0) is 80.1 Å². The molecule has 1 fully saturated rings. The summed E-state index contributed by atoms with van der Waals surface area (Å²) in [7, 11) is -3.50. The van der Waals surface area contributed by atoms with E-state index in [2.05, 4.69) is 20.2 Å². The summed E-state index contributed by atoms with van der Waals surface area (Å²) in [6.45, 7) is 1.44. The number of benzene rings is 1. The van der Waals surface area contributed by atoms with Gasteiger partial charge in [-0.25, -0.2) is 18.4 Å². The summed E-state index contributed by atoms with van der Waals surface area (Å²) in [6.07, 6.45) is 1.06. The minimum Gasteiger partial charge on any atom is -0.383 e. The van der Waals surface area contributed by atoms with Gasteiger partial charge in [0, 0.05) is 42.8 Å². The SMILES string of the molecule is Nc1nccc2c1CN(c1ccc(S(=O)(=O)[C@H]3CC[C@H](Nc4ccc(C(F)(F)F)cn4)CC3)cc1)CC2. The van der Waals surface area contributed by atoms with Gasteiger partial charge in [0.1, 0.15) is 11.6 Å². The lowest BCUT2D eigenvalue weighted by molar-refractivity contribution is -0.137. The number of nitrogen functional groups attached to an aromatic ring is 1. The van der Waals surface area contributed by atoms with Crippen molar-refractivity contribution in [1.29, 1.82) is 0 Å². The van der Waals surface area contributed by atoms with Crippen LogP contribution in [0.25, 0.3) is 0 Å². The Balaban J connectivity index is 1.19. The van der Waals surface area contributed by atoms with E-state index in [1.54, 1.807) is 18.3 Å². The van der Waals surface area contributed by atoms with Crippen molar-refractivity contribution in [2.24, 2.45) is 0 Å². The maximum Gasteiger partial charge on any atom is 0.417 e. The highest BCUT2D eigenvalue weighted by atomic mass is 32.2. The van der Waals surface area contributed by atoms with Crippen LogP contribution in [0.3, 0.4) is 0 Å². The van der Waals surface area contributed by atoms with E-state index in [4.69, 9.17) is 5.73 Å². The van der Waals surface area contributed by atoms with Crippen LogP contribution in [0.4, 0.5) is 30.5 Å². The van der Waals surface area contributed by atoms with Gasteiger partial charge in [0.05, 0.1) is 15.7 Å². The molecule has 37 heavy (non-hydrogen) atoms. The zero-order valence-electron chi connectivity index (χ0n) is 20.1. The molecule has 7 nitrogen and oxygen atoms in total. The van der Waals surface area contributed by atoms with Crippen LogP contribution in [-0.2, 0) is 29.0 Å². The third-order valence-electron chi connectivity index (χ3n) is 7.27. The molecule has 0 spiro atoms.